The number of piperidine rings is 1. The molecule has 2 saturated heterocycles. The first-order chi connectivity index (χ1) is 17.4. The summed E-state index contributed by atoms with van der Waals surface area (Å²) in [4.78, 5) is 40.1. The number of nitrogens with zero attached hydrogens (tertiary/aromatic N) is 5. The van der Waals surface area contributed by atoms with Gasteiger partial charge in [0.25, 0.3) is 0 Å². The maximum Gasteiger partial charge on any atom is 0.317 e. The summed E-state index contributed by atoms with van der Waals surface area (Å²) in [5.74, 6) is 1.77. The Morgan fingerprint density at radius 3 is 2.56 bits per heavy atom. The van der Waals surface area contributed by atoms with Crippen LogP contribution in [0.2, 0.25) is 5.15 Å². The summed E-state index contributed by atoms with van der Waals surface area (Å²) in [6, 6.07) is 12.3. The summed E-state index contributed by atoms with van der Waals surface area (Å²) in [7, 11) is 0. The van der Waals surface area contributed by atoms with Gasteiger partial charge in [0.05, 0.1) is 5.75 Å². The molecule has 194 valence electrons. The number of nitrogens with one attached hydrogen (secondary N) is 1. The summed E-state index contributed by atoms with van der Waals surface area (Å²) in [5.41, 5.74) is 1.37. The van der Waals surface area contributed by atoms with Crippen LogP contribution in [0.25, 0.3) is 0 Å². The quantitative estimate of drug-likeness (QED) is 0.332. The minimum atomic E-state index is -0.0378. The number of carbonyl (C=O) groups is 2. The van der Waals surface area contributed by atoms with Gasteiger partial charge in [-0.1, -0.05) is 53.7 Å². The molecule has 1 unspecified atom stereocenters. The number of carbonyl (C=O) groups excluding carboxylic acids is 2. The Bertz CT molecular complexity index is 1030. The van der Waals surface area contributed by atoms with Crippen molar-refractivity contribution in [3.05, 3.63) is 47.1 Å². The van der Waals surface area contributed by atoms with Gasteiger partial charge >= 0.3 is 6.03 Å². The number of rotatable bonds is 7. The Labute approximate surface area is 222 Å². The van der Waals surface area contributed by atoms with Crippen LogP contribution >= 0.6 is 23.4 Å². The number of likely N-dealkylation sites (tertiary alicyclic amines) is 1. The van der Waals surface area contributed by atoms with Crippen LogP contribution in [-0.4, -0.2) is 82.8 Å². The lowest BCUT2D eigenvalue weighted by Gasteiger charge is -2.40. The maximum atomic E-state index is 12.9. The Kier molecular flexibility index (Phi) is 9.31. The standard InChI is InChI=1S/C26H35ClN6O2S/c1-3-28-26(35)33-14-13-32(17-19(33)2)23-16-22(27)29-25(30-23)36-18-24(34)31-11-9-21(10-12-31)15-20-7-5-4-6-8-20/h4-8,16,19,21H,3,9-15,17-18H2,1-2H3,(H,28,35). The van der Waals surface area contributed by atoms with Gasteiger partial charge in [0.2, 0.25) is 5.91 Å². The lowest BCUT2D eigenvalue weighted by molar-refractivity contribution is -0.129. The van der Waals surface area contributed by atoms with Gasteiger partial charge in [0.15, 0.2) is 5.16 Å². The highest BCUT2D eigenvalue weighted by molar-refractivity contribution is 7.99. The van der Waals surface area contributed by atoms with Crippen molar-refractivity contribution in [3.63, 3.8) is 0 Å². The van der Waals surface area contributed by atoms with E-state index in [9.17, 15) is 9.59 Å². The lowest BCUT2D eigenvalue weighted by Crippen LogP contribution is -2.56. The molecular weight excluding hydrogens is 496 g/mol. The van der Waals surface area contributed by atoms with Gasteiger partial charge in [-0.25, -0.2) is 14.8 Å². The molecule has 2 fully saturated rings. The van der Waals surface area contributed by atoms with Crippen molar-refractivity contribution < 1.29 is 9.59 Å². The molecule has 1 aromatic carbocycles. The van der Waals surface area contributed by atoms with Gasteiger partial charge in [-0.05, 0) is 44.6 Å². The molecule has 10 heteroatoms. The molecule has 0 saturated carbocycles. The number of urea groups is 1. The van der Waals surface area contributed by atoms with E-state index in [1.807, 2.05) is 29.7 Å². The highest BCUT2D eigenvalue weighted by Gasteiger charge is 2.28. The Balaban J connectivity index is 1.27. The summed E-state index contributed by atoms with van der Waals surface area (Å²) < 4.78 is 0. The largest absolute Gasteiger partial charge is 0.353 e. The minimum absolute atomic E-state index is 0.0378. The van der Waals surface area contributed by atoms with Gasteiger partial charge in [-0.15, -0.1) is 0 Å². The fourth-order valence-electron chi connectivity index (χ4n) is 4.88. The number of thioether (sulfide) groups is 1. The number of piperazine rings is 1. The molecule has 0 radical (unpaired) electrons. The fourth-order valence-corrected chi connectivity index (χ4v) is 5.87. The van der Waals surface area contributed by atoms with Gasteiger partial charge in [-0.3, -0.25) is 4.79 Å². The summed E-state index contributed by atoms with van der Waals surface area (Å²) in [6.07, 6.45) is 3.14. The normalized spacial score (nSPS) is 18.9. The SMILES string of the molecule is CCNC(=O)N1CCN(c2cc(Cl)nc(SCC(=O)N3CCC(Cc4ccccc4)CC3)n2)CC1C. The van der Waals surface area contributed by atoms with E-state index in [2.05, 4.69) is 44.5 Å². The van der Waals surface area contributed by atoms with Gasteiger partial charge in [0.1, 0.15) is 11.0 Å². The zero-order chi connectivity index (χ0) is 25.5. The molecule has 1 atom stereocenters. The van der Waals surface area contributed by atoms with Gasteiger partial charge in [-0.2, -0.15) is 0 Å². The molecule has 2 aliphatic heterocycles. The first-order valence-electron chi connectivity index (χ1n) is 12.7. The number of halogens is 1. The van der Waals surface area contributed by atoms with Crippen molar-refractivity contribution >= 4 is 41.1 Å². The van der Waals surface area contributed by atoms with Crippen LogP contribution in [0, 0.1) is 5.92 Å². The third-order valence-electron chi connectivity index (χ3n) is 6.86. The van der Waals surface area contributed by atoms with Crippen LogP contribution < -0.4 is 10.2 Å². The zero-order valence-electron chi connectivity index (χ0n) is 21.0. The zero-order valence-corrected chi connectivity index (χ0v) is 22.6. The van der Waals surface area contributed by atoms with Crippen molar-refractivity contribution in [1.29, 1.82) is 0 Å². The summed E-state index contributed by atoms with van der Waals surface area (Å²) >= 11 is 7.64. The highest BCUT2D eigenvalue weighted by Crippen LogP contribution is 2.26. The third-order valence-corrected chi connectivity index (χ3v) is 7.89. The molecule has 0 aliphatic carbocycles. The number of hydrogen-bond donors (Lipinski definition) is 1. The van der Waals surface area contributed by atoms with E-state index >= 15 is 0 Å². The number of benzene rings is 1. The molecule has 1 aromatic heterocycles. The van der Waals surface area contributed by atoms with Crippen molar-refractivity contribution in [3.8, 4) is 0 Å². The molecule has 36 heavy (non-hydrogen) atoms. The van der Waals surface area contributed by atoms with Crippen molar-refractivity contribution in [2.45, 2.75) is 44.3 Å². The van der Waals surface area contributed by atoms with Gasteiger partial charge < -0.3 is 20.0 Å². The second-order valence-electron chi connectivity index (χ2n) is 9.46. The van der Waals surface area contributed by atoms with Crippen LogP contribution in [0.4, 0.5) is 10.6 Å². The molecular formula is C26H35ClN6O2S. The van der Waals surface area contributed by atoms with Crippen molar-refractivity contribution in [2.75, 3.05) is 49.9 Å². The predicted octanol–water partition coefficient (Wildman–Crippen LogP) is 3.94. The topological polar surface area (TPSA) is 81.7 Å². The average Bonchev–Trinajstić information content (AvgIpc) is 2.88. The number of aromatic nitrogens is 2. The van der Waals surface area contributed by atoms with Crippen LogP contribution in [-0.2, 0) is 11.2 Å². The van der Waals surface area contributed by atoms with Crippen LogP contribution in [0.5, 0.6) is 0 Å². The third kappa shape index (κ3) is 7.03. The van der Waals surface area contributed by atoms with E-state index in [4.69, 9.17) is 11.6 Å². The van der Waals surface area contributed by atoms with Crippen LogP contribution in [0.15, 0.2) is 41.6 Å². The molecule has 4 rings (SSSR count). The second kappa shape index (κ2) is 12.6. The van der Waals surface area contributed by atoms with E-state index in [0.29, 0.717) is 48.2 Å². The lowest BCUT2D eigenvalue weighted by atomic mass is 9.90. The summed E-state index contributed by atoms with van der Waals surface area (Å²) in [6.45, 7) is 8.08. The van der Waals surface area contributed by atoms with E-state index in [0.717, 1.165) is 38.2 Å². The van der Waals surface area contributed by atoms with E-state index < -0.39 is 0 Å². The van der Waals surface area contributed by atoms with Crippen molar-refractivity contribution in [1.82, 2.24) is 25.1 Å². The van der Waals surface area contributed by atoms with Crippen molar-refractivity contribution in [2.24, 2.45) is 5.92 Å². The first-order valence-corrected chi connectivity index (χ1v) is 14.1. The molecule has 8 nitrogen and oxygen atoms in total. The predicted molar refractivity (Wildman–Crippen MR) is 145 cm³/mol. The monoisotopic (exact) mass is 530 g/mol. The van der Waals surface area contributed by atoms with Crippen LogP contribution in [0.1, 0.15) is 32.3 Å². The molecule has 0 spiro atoms. The van der Waals surface area contributed by atoms with Crippen LogP contribution in [0.3, 0.4) is 0 Å². The Morgan fingerprint density at radius 2 is 1.86 bits per heavy atom. The van der Waals surface area contributed by atoms with Gasteiger partial charge in [0, 0.05) is 51.4 Å². The second-order valence-corrected chi connectivity index (χ2v) is 10.8. The molecule has 3 amide bonds. The van der Waals surface area contributed by atoms with E-state index in [1.165, 1.54) is 17.3 Å². The maximum absolute atomic E-state index is 12.9. The molecule has 3 heterocycles. The Hall–Kier alpha value is -2.52. The first kappa shape index (κ1) is 26.5. The smallest absolute Gasteiger partial charge is 0.317 e. The molecule has 2 aromatic rings. The molecule has 0 bridgehead atoms. The summed E-state index contributed by atoms with van der Waals surface area (Å²) in [5, 5.41) is 3.73. The van der Waals surface area contributed by atoms with E-state index in [1.54, 1.807) is 6.07 Å². The average molecular weight is 531 g/mol. The highest BCUT2D eigenvalue weighted by atomic mass is 35.5. The molecule has 1 N–H and O–H groups in total. The Morgan fingerprint density at radius 1 is 1.11 bits per heavy atom. The fraction of sp³-hybridized carbons (Fsp3) is 0.538. The number of amides is 3. The number of anilines is 1. The number of hydrogen-bond acceptors (Lipinski definition) is 6. The molecule has 2 aliphatic rings. The minimum Gasteiger partial charge on any atom is -0.353 e. The van der Waals surface area contributed by atoms with E-state index in [-0.39, 0.29) is 18.0 Å².